The molecule has 2 aromatic rings. The minimum Gasteiger partial charge on any atom is -0.497 e. The number of methoxy groups -OCH3 is 2. The zero-order chi connectivity index (χ0) is 25.5. The molecule has 0 atom stereocenters. The van der Waals surface area contributed by atoms with Crippen molar-refractivity contribution in [1.29, 1.82) is 0 Å². The van der Waals surface area contributed by atoms with Crippen LogP contribution >= 0.6 is 0 Å². The number of ketones is 1. The molecule has 0 aliphatic carbocycles. The molecule has 186 valence electrons. The zero-order valence-corrected chi connectivity index (χ0v) is 20.2. The van der Waals surface area contributed by atoms with Crippen molar-refractivity contribution < 1.29 is 38.1 Å². The van der Waals surface area contributed by atoms with Crippen LogP contribution in [0.25, 0.3) is 0 Å². The number of rotatable bonds is 12. The maximum Gasteiger partial charge on any atom is 0.339 e. The van der Waals surface area contributed by atoms with E-state index in [1.165, 1.54) is 38.5 Å². The number of amides is 4. The summed E-state index contributed by atoms with van der Waals surface area (Å²) in [7, 11) is 2.83. The maximum atomic E-state index is 13.1. The Labute approximate surface area is 203 Å². The molecule has 0 bridgehead atoms. The first-order valence-corrected chi connectivity index (χ1v) is 11.2. The third kappa shape index (κ3) is 5.37. The topological polar surface area (TPSA) is 112 Å². The summed E-state index contributed by atoms with van der Waals surface area (Å²) in [5.74, 6) is -1.30. The molecule has 0 radical (unpaired) electrons. The van der Waals surface area contributed by atoms with E-state index < -0.39 is 30.2 Å². The largest absolute Gasteiger partial charge is 0.497 e. The normalized spacial score (nSPS) is 13.3. The summed E-state index contributed by atoms with van der Waals surface area (Å²) in [6, 6.07) is 8.20. The fourth-order valence-electron chi connectivity index (χ4n) is 3.43. The van der Waals surface area contributed by atoms with Crippen molar-refractivity contribution in [1.82, 2.24) is 4.90 Å². The van der Waals surface area contributed by atoms with E-state index in [0.29, 0.717) is 35.4 Å². The minimum atomic E-state index is -1.10. The Morgan fingerprint density at radius 3 is 2.09 bits per heavy atom. The number of carbonyl (C=O) groups is 4. The third-order valence-corrected chi connectivity index (χ3v) is 5.17. The van der Waals surface area contributed by atoms with E-state index in [0.717, 1.165) is 17.7 Å². The van der Waals surface area contributed by atoms with Gasteiger partial charge in [0, 0.05) is 6.07 Å². The van der Waals surface area contributed by atoms with Gasteiger partial charge in [0.15, 0.2) is 17.3 Å². The van der Waals surface area contributed by atoms with E-state index in [4.69, 9.17) is 18.9 Å². The Morgan fingerprint density at radius 1 is 0.800 bits per heavy atom. The predicted octanol–water partition coefficient (Wildman–Crippen LogP) is 3.46. The van der Waals surface area contributed by atoms with Gasteiger partial charge in [-0.2, -0.15) is 0 Å². The van der Waals surface area contributed by atoms with Gasteiger partial charge in [-0.3, -0.25) is 14.4 Å². The van der Waals surface area contributed by atoms with Crippen LogP contribution in [0.4, 0.5) is 10.5 Å². The standard InChI is InChI=1S/C25H28N2O8/c1-5-11-34-21-9-7-16(13-22(21)35-12-6-2)27-24(30)23(29)26(25(27)31)15-19(28)18-14-17(32-3)8-10-20(18)33-4/h7-10,13-14H,5-6,11-12,15H2,1-4H3. The van der Waals surface area contributed by atoms with Crippen molar-refractivity contribution in [3.63, 3.8) is 0 Å². The fourth-order valence-corrected chi connectivity index (χ4v) is 3.43. The summed E-state index contributed by atoms with van der Waals surface area (Å²) >= 11 is 0. The van der Waals surface area contributed by atoms with Crippen LogP contribution in [-0.2, 0) is 9.59 Å². The number of nitrogens with zero attached hydrogens (tertiary/aromatic N) is 2. The molecule has 2 aromatic carbocycles. The second kappa shape index (κ2) is 11.4. The number of benzene rings is 2. The molecule has 0 N–H and O–H groups in total. The second-order valence-electron chi connectivity index (χ2n) is 7.63. The molecule has 10 nitrogen and oxygen atoms in total. The molecule has 1 aliphatic heterocycles. The van der Waals surface area contributed by atoms with Crippen LogP contribution in [0.3, 0.4) is 0 Å². The SMILES string of the molecule is CCCOc1ccc(N2C(=O)C(=O)N(CC(=O)c3cc(OC)ccc3OC)C2=O)cc1OCCC. The van der Waals surface area contributed by atoms with Gasteiger partial charge < -0.3 is 18.9 Å². The number of carbonyl (C=O) groups excluding carboxylic acids is 4. The van der Waals surface area contributed by atoms with Crippen molar-refractivity contribution in [2.24, 2.45) is 0 Å². The number of ether oxygens (including phenoxy) is 4. The Balaban J connectivity index is 1.87. The van der Waals surface area contributed by atoms with Crippen molar-refractivity contribution in [2.45, 2.75) is 26.7 Å². The molecular formula is C25H28N2O8. The molecule has 3 rings (SSSR count). The highest BCUT2D eigenvalue weighted by atomic mass is 16.5. The van der Waals surface area contributed by atoms with Crippen LogP contribution in [0.1, 0.15) is 37.0 Å². The van der Waals surface area contributed by atoms with E-state index in [1.807, 2.05) is 13.8 Å². The molecule has 1 saturated heterocycles. The van der Waals surface area contributed by atoms with E-state index >= 15 is 0 Å². The lowest BCUT2D eigenvalue weighted by Crippen LogP contribution is -2.37. The first-order valence-electron chi connectivity index (χ1n) is 11.2. The van der Waals surface area contributed by atoms with E-state index in [1.54, 1.807) is 12.1 Å². The maximum absolute atomic E-state index is 13.1. The van der Waals surface area contributed by atoms with Crippen LogP contribution in [0.2, 0.25) is 0 Å². The van der Waals surface area contributed by atoms with Crippen molar-refractivity contribution >= 4 is 29.3 Å². The number of anilines is 1. The summed E-state index contributed by atoms with van der Waals surface area (Å²) in [6.45, 7) is 4.13. The highest BCUT2D eigenvalue weighted by molar-refractivity contribution is 6.53. The van der Waals surface area contributed by atoms with E-state index in [-0.39, 0.29) is 17.0 Å². The smallest absolute Gasteiger partial charge is 0.339 e. The molecule has 1 fully saturated rings. The lowest BCUT2D eigenvalue weighted by atomic mass is 10.1. The van der Waals surface area contributed by atoms with Crippen molar-refractivity contribution in [3.8, 4) is 23.0 Å². The molecule has 1 heterocycles. The fraction of sp³-hybridized carbons (Fsp3) is 0.360. The Bertz CT molecular complexity index is 1130. The van der Waals surface area contributed by atoms with Crippen LogP contribution in [0.5, 0.6) is 23.0 Å². The highest BCUT2D eigenvalue weighted by Gasteiger charge is 2.46. The Hall–Kier alpha value is -4.08. The van der Waals surface area contributed by atoms with E-state index in [9.17, 15) is 19.2 Å². The summed E-state index contributed by atoms with van der Waals surface area (Å²) in [5.41, 5.74) is 0.253. The zero-order valence-electron chi connectivity index (χ0n) is 20.2. The quantitative estimate of drug-likeness (QED) is 0.256. The number of hydrogen-bond donors (Lipinski definition) is 0. The molecule has 0 aromatic heterocycles. The van der Waals surface area contributed by atoms with Crippen LogP contribution in [0.15, 0.2) is 36.4 Å². The van der Waals surface area contributed by atoms with Crippen LogP contribution in [0, 0.1) is 0 Å². The van der Waals surface area contributed by atoms with Crippen molar-refractivity contribution in [2.75, 3.05) is 38.9 Å². The summed E-state index contributed by atoms with van der Waals surface area (Å²) in [5, 5.41) is 0. The molecule has 1 aliphatic rings. The lowest BCUT2D eigenvalue weighted by molar-refractivity contribution is -0.139. The molecular weight excluding hydrogens is 456 g/mol. The van der Waals surface area contributed by atoms with Gasteiger partial charge >= 0.3 is 17.8 Å². The highest BCUT2D eigenvalue weighted by Crippen LogP contribution is 2.34. The molecule has 0 unspecified atom stereocenters. The molecule has 0 saturated carbocycles. The average Bonchev–Trinajstić information content (AvgIpc) is 3.08. The lowest BCUT2D eigenvalue weighted by Gasteiger charge is -2.18. The van der Waals surface area contributed by atoms with Gasteiger partial charge in [0.25, 0.3) is 0 Å². The van der Waals surface area contributed by atoms with Gasteiger partial charge in [-0.15, -0.1) is 0 Å². The minimum absolute atomic E-state index is 0.117. The van der Waals surface area contributed by atoms with Gasteiger partial charge in [0.1, 0.15) is 11.5 Å². The summed E-state index contributed by atoms with van der Waals surface area (Å²) < 4.78 is 21.8. The number of imide groups is 2. The number of Topliss-reactive ketones (excluding diaryl/α,β-unsaturated/α-hetero) is 1. The van der Waals surface area contributed by atoms with Gasteiger partial charge in [0.05, 0.1) is 45.2 Å². The van der Waals surface area contributed by atoms with Crippen molar-refractivity contribution in [3.05, 3.63) is 42.0 Å². The average molecular weight is 485 g/mol. The summed E-state index contributed by atoms with van der Waals surface area (Å²) in [6.07, 6.45) is 1.52. The first-order chi connectivity index (χ1) is 16.9. The Morgan fingerprint density at radius 2 is 1.46 bits per heavy atom. The first kappa shape index (κ1) is 25.5. The Kier molecular flexibility index (Phi) is 8.30. The second-order valence-corrected chi connectivity index (χ2v) is 7.63. The molecule has 0 spiro atoms. The predicted molar refractivity (Wildman–Crippen MR) is 126 cm³/mol. The van der Waals surface area contributed by atoms with Gasteiger partial charge in [0.2, 0.25) is 0 Å². The van der Waals surface area contributed by atoms with Gasteiger partial charge in [-0.1, -0.05) is 13.8 Å². The monoisotopic (exact) mass is 484 g/mol. The number of hydrogen-bond acceptors (Lipinski definition) is 8. The molecule has 4 amide bonds. The number of urea groups is 1. The van der Waals surface area contributed by atoms with Crippen LogP contribution < -0.4 is 23.8 Å². The summed E-state index contributed by atoms with van der Waals surface area (Å²) in [4.78, 5) is 52.8. The van der Waals surface area contributed by atoms with Gasteiger partial charge in [-0.25, -0.2) is 14.6 Å². The van der Waals surface area contributed by atoms with E-state index in [2.05, 4.69) is 0 Å². The van der Waals surface area contributed by atoms with Gasteiger partial charge in [-0.05, 0) is 43.2 Å². The molecule has 10 heteroatoms. The molecule has 35 heavy (non-hydrogen) atoms. The third-order valence-electron chi connectivity index (χ3n) is 5.17. The van der Waals surface area contributed by atoms with Crippen LogP contribution in [-0.4, -0.2) is 62.5 Å².